The van der Waals surface area contributed by atoms with Crippen LogP contribution in [0.15, 0.2) is 12.1 Å². The molecule has 0 atom stereocenters. The summed E-state index contributed by atoms with van der Waals surface area (Å²) in [5, 5.41) is 0. The summed E-state index contributed by atoms with van der Waals surface area (Å²) in [6, 6.07) is 2.48. The normalized spacial score (nSPS) is 26.6. The van der Waals surface area contributed by atoms with Crippen molar-refractivity contribution in [2.24, 2.45) is 5.92 Å². The minimum Gasteiger partial charge on any atom is -0.370 e. The number of ether oxygens (including phenoxy) is 1. The van der Waals surface area contributed by atoms with Crippen LogP contribution in [0.1, 0.15) is 48.5 Å². The molecule has 1 fully saturated rings. The molecule has 1 aliphatic carbocycles. The number of carbonyl (C=O) groups excluding carboxylic acids is 1. The monoisotopic (exact) mass is 282 g/mol. The van der Waals surface area contributed by atoms with Gasteiger partial charge in [0.05, 0.1) is 5.56 Å². The van der Waals surface area contributed by atoms with E-state index in [4.69, 9.17) is 4.74 Å². The third-order valence-corrected chi connectivity index (χ3v) is 4.40. The number of Topliss-reactive ketones (excluding diaryl/α,β-unsaturated/α-hetero) is 1. The van der Waals surface area contributed by atoms with Crippen molar-refractivity contribution < 1.29 is 18.3 Å². The molecule has 110 valence electrons. The quantitative estimate of drug-likeness (QED) is 0.782. The highest BCUT2D eigenvalue weighted by Gasteiger charge is 2.43. The van der Waals surface area contributed by atoms with Crippen LogP contribution in [0, 0.1) is 24.5 Å². The van der Waals surface area contributed by atoms with Gasteiger partial charge in [-0.25, -0.2) is 8.78 Å². The molecule has 1 saturated carbocycles. The first-order valence-corrected chi connectivity index (χ1v) is 6.96. The van der Waals surface area contributed by atoms with E-state index in [1.165, 1.54) is 20.1 Å². The van der Waals surface area contributed by atoms with Gasteiger partial charge in [-0.15, -0.1) is 0 Å². The summed E-state index contributed by atoms with van der Waals surface area (Å²) in [6.07, 6.45) is 2.68. The van der Waals surface area contributed by atoms with Gasteiger partial charge < -0.3 is 4.74 Å². The van der Waals surface area contributed by atoms with Crippen LogP contribution in [0.4, 0.5) is 8.78 Å². The Kier molecular flexibility index (Phi) is 4.23. The van der Waals surface area contributed by atoms with Crippen molar-refractivity contribution in [3.63, 3.8) is 0 Å². The van der Waals surface area contributed by atoms with Gasteiger partial charge in [0, 0.05) is 7.11 Å². The van der Waals surface area contributed by atoms with E-state index in [0.29, 0.717) is 18.8 Å². The Balaban J connectivity index is 2.42. The van der Waals surface area contributed by atoms with Crippen LogP contribution in [0.5, 0.6) is 0 Å². The predicted octanol–water partition coefficient (Wildman–Crippen LogP) is 4.05. The van der Waals surface area contributed by atoms with Gasteiger partial charge in [0.25, 0.3) is 0 Å². The number of halogens is 2. The van der Waals surface area contributed by atoms with Crippen molar-refractivity contribution in [3.8, 4) is 0 Å². The number of hydrogen-bond acceptors (Lipinski definition) is 2. The van der Waals surface area contributed by atoms with Gasteiger partial charge in [0.2, 0.25) is 5.78 Å². The van der Waals surface area contributed by atoms with Crippen LogP contribution < -0.4 is 0 Å². The van der Waals surface area contributed by atoms with Crippen molar-refractivity contribution in [2.75, 3.05) is 7.11 Å². The zero-order valence-corrected chi connectivity index (χ0v) is 12.1. The molecule has 0 heterocycles. The maximum Gasteiger partial charge on any atom is 0.200 e. The topological polar surface area (TPSA) is 26.3 Å². The van der Waals surface area contributed by atoms with E-state index in [-0.39, 0.29) is 5.56 Å². The number of rotatable bonds is 3. The molecule has 1 aliphatic rings. The van der Waals surface area contributed by atoms with Crippen molar-refractivity contribution >= 4 is 5.78 Å². The van der Waals surface area contributed by atoms with Gasteiger partial charge in [-0.2, -0.15) is 0 Å². The molecular weight excluding hydrogens is 262 g/mol. The van der Waals surface area contributed by atoms with Gasteiger partial charge in [-0.1, -0.05) is 13.0 Å². The van der Waals surface area contributed by atoms with Gasteiger partial charge >= 0.3 is 0 Å². The highest BCUT2D eigenvalue weighted by atomic mass is 19.1. The standard InChI is InChI=1S/C16H20F2O2/c1-10-6-8-16(20-3,9-7-10)15(19)13-12(17)5-4-11(2)14(13)18/h4-5,10H,6-9H2,1-3H3. The van der Waals surface area contributed by atoms with Crippen LogP contribution in [0.25, 0.3) is 0 Å². The minimum absolute atomic E-state index is 0.269. The Labute approximate surface area is 118 Å². The first-order chi connectivity index (χ1) is 9.41. The van der Waals surface area contributed by atoms with E-state index < -0.39 is 28.6 Å². The summed E-state index contributed by atoms with van der Waals surface area (Å²) in [6.45, 7) is 3.63. The van der Waals surface area contributed by atoms with E-state index >= 15 is 0 Å². The number of carbonyl (C=O) groups is 1. The van der Waals surface area contributed by atoms with E-state index in [1.807, 2.05) is 0 Å². The van der Waals surface area contributed by atoms with Crippen LogP contribution in [0.2, 0.25) is 0 Å². The van der Waals surface area contributed by atoms with Crippen molar-refractivity contribution in [1.82, 2.24) is 0 Å². The average Bonchev–Trinajstić information content (AvgIpc) is 2.44. The largest absolute Gasteiger partial charge is 0.370 e. The summed E-state index contributed by atoms with van der Waals surface area (Å²) in [7, 11) is 1.44. The van der Waals surface area contributed by atoms with Gasteiger partial charge in [0.1, 0.15) is 17.2 Å². The zero-order chi connectivity index (χ0) is 14.9. The molecule has 0 unspecified atom stereocenters. The SMILES string of the molecule is COC1(C(=O)c2c(F)ccc(C)c2F)CCC(C)CC1. The minimum atomic E-state index is -1.08. The molecule has 1 aromatic rings. The Bertz CT molecular complexity index is 517. The highest BCUT2D eigenvalue weighted by molar-refractivity contribution is 6.03. The fourth-order valence-corrected chi connectivity index (χ4v) is 2.84. The van der Waals surface area contributed by atoms with Crippen LogP contribution in [-0.4, -0.2) is 18.5 Å². The Morgan fingerprint density at radius 3 is 2.45 bits per heavy atom. The summed E-state index contributed by atoms with van der Waals surface area (Å²) in [4.78, 5) is 12.6. The molecule has 2 nitrogen and oxygen atoms in total. The molecule has 0 bridgehead atoms. The number of methoxy groups -OCH3 is 1. The third-order valence-electron chi connectivity index (χ3n) is 4.40. The van der Waals surface area contributed by atoms with E-state index in [2.05, 4.69) is 6.92 Å². The maximum absolute atomic E-state index is 14.1. The van der Waals surface area contributed by atoms with E-state index in [1.54, 1.807) is 0 Å². The van der Waals surface area contributed by atoms with E-state index in [9.17, 15) is 13.6 Å². The summed E-state index contributed by atoms with van der Waals surface area (Å²) in [5.74, 6) is -1.64. The lowest BCUT2D eigenvalue weighted by molar-refractivity contribution is -0.0268. The molecule has 0 saturated heterocycles. The Morgan fingerprint density at radius 1 is 1.30 bits per heavy atom. The zero-order valence-electron chi connectivity index (χ0n) is 12.1. The number of benzene rings is 1. The average molecular weight is 282 g/mol. The molecule has 0 spiro atoms. The lowest BCUT2D eigenvalue weighted by Gasteiger charge is -2.37. The van der Waals surface area contributed by atoms with Crippen molar-refractivity contribution in [2.45, 2.75) is 45.1 Å². The molecule has 20 heavy (non-hydrogen) atoms. The first kappa shape index (κ1) is 15.1. The second kappa shape index (κ2) is 5.60. The van der Waals surface area contributed by atoms with E-state index in [0.717, 1.165) is 18.9 Å². The fourth-order valence-electron chi connectivity index (χ4n) is 2.84. The molecule has 0 aromatic heterocycles. The summed E-state index contributed by atoms with van der Waals surface area (Å²) < 4.78 is 33.4. The van der Waals surface area contributed by atoms with Gasteiger partial charge in [-0.05, 0) is 50.2 Å². The Hall–Kier alpha value is -1.29. The molecule has 4 heteroatoms. The second-order valence-electron chi connectivity index (χ2n) is 5.76. The molecule has 0 N–H and O–H groups in total. The Morgan fingerprint density at radius 2 is 1.90 bits per heavy atom. The van der Waals surface area contributed by atoms with Gasteiger partial charge in [0.15, 0.2) is 0 Å². The molecule has 1 aromatic carbocycles. The predicted molar refractivity (Wildman–Crippen MR) is 72.8 cm³/mol. The first-order valence-electron chi connectivity index (χ1n) is 6.96. The molecule has 0 amide bonds. The van der Waals surface area contributed by atoms with Gasteiger partial charge in [-0.3, -0.25) is 4.79 Å². The number of ketones is 1. The molecular formula is C16H20F2O2. The third kappa shape index (κ3) is 2.49. The van der Waals surface area contributed by atoms with Crippen LogP contribution >= 0.6 is 0 Å². The van der Waals surface area contributed by atoms with Crippen LogP contribution in [-0.2, 0) is 4.74 Å². The smallest absolute Gasteiger partial charge is 0.200 e. The van der Waals surface area contributed by atoms with Crippen molar-refractivity contribution in [3.05, 3.63) is 34.9 Å². The lowest BCUT2D eigenvalue weighted by Crippen LogP contribution is -2.44. The lowest BCUT2D eigenvalue weighted by atomic mass is 9.75. The molecule has 0 radical (unpaired) electrons. The maximum atomic E-state index is 14.1. The molecule has 2 rings (SSSR count). The molecule has 0 aliphatic heterocycles. The van der Waals surface area contributed by atoms with Crippen molar-refractivity contribution in [1.29, 1.82) is 0 Å². The summed E-state index contributed by atoms with van der Waals surface area (Å²) in [5.41, 5.74) is -1.27. The number of aryl methyl sites for hydroxylation is 1. The fraction of sp³-hybridized carbons (Fsp3) is 0.562. The summed E-state index contributed by atoms with van der Waals surface area (Å²) >= 11 is 0. The highest BCUT2D eigenvalue weighted by Crippen LogP contribution is 2.37. The van der Waals surface area contributed by atoms with Crippen LogP contribution in [0.3, 0.4) is 0 Å². The number of hydrogen-bond donors (Lipinski definition) is 0. The second-order valence-corrected chi connectivity index (χ2v) is 5.76.